The lowest BCUT2D eigenvalue weighted by atomic mass is 9.91. The van der Waals surface area contributed by atoms with E-state index < -0.39 is 10.0 Å². The number of carbonyl (C=O) groups excluding carboxylic acids is 1. The van der Waals surface area contributed by atoms with E-state index in [0.29, 0.717) is 37.6 Å². The van der Waals surface area contributed by atoms with Gasteiger partial charge in [-0.25, -0.2) is 13.4 Å². The van der Waals surface area contributed by atoms with Crippen LogP contribution >= 0.6 is 11.5 Å². The molecule has 2 heterocycles. The van der Waals surface area contributed by atoms with Crippen molar-refractivity contribution >= 4 is 49.7 Å². The summed E-state index contributed by atoms with van der Waals surface area (Å²) in [5.41, 5.74) is 10.6. The summed E-state index contributed by atoms with van der Waals surface area (Å²) in [5, 5.41) is 3.44. The number of hydrogen-bond acceptors (Lipinski definition) is 9. The number of nitrogens with zero attached hydrogens (tertiary/aromatic N) is 5. The summed E-state index contributed by atoms with van der Waals surface area (Å²) in [6, 6.07) is 22.6. The van der Waals surface area contributed by atoms with E-state index in [2.05, 4.69) is 39.4 Å². The first-order valence-electron chi connectivity index (χ1n) is 13.7. The van der Waals surface area contributed by atoms with E-state index in [1.165, 1.54) is 40.5 Å². The molecule has 5 rings (SSSR count). The van der Waals surface area contributed by atoms with Crippen molar-refractivity contribution in [2.45, 2.75) is 24.2 Å². The number of nitrogens with one attached hydrogen (secondary N) is 1. The lowest BCUT2D eigenvalue weighted by Crippen LogP contribution is -2.48. The van der Waals surface area contributed by atoms with Gasteiger partial charge in [-0.15, -0.1) is 0 Å². The zero-order chi connectivity index (χ0) is 29.9. The molecule has 42 heavy (non-hydrogen) atoms. The van der Waals surface area contributed by atoms with E-state index >= 15 is 0 Å². The number of amides is 1. The Bertz CT molecular complexity index is 1610. The normalized spacial score (nSPS) is 14.9. The highest BCUT2D eigenvalue weighted by Crippen LogP contribution is 2.32. The molecule has 1 aliphatic rings. The molecular formula is C30H35N7O3S2. The first-order chi connectivity index (χ1) is 20.1. The number of anilines is 4. The highest BCUT2D eigenvalue weighted by Gasteiger charge is 2.30. The van der Waals surface area contributed by atoms with Crippen molar-refractivity contribution in [1.29, 1.82) is 0 Å². The van der Waals surface area contributed by atoms with Gasteiger partial charge in [-0.2, -0.15) is 8.68 Å². The van der Waals surface area contributed by atoms with Crippen molar-refractivity contribution in [3.8, 4) is 0 Å². The fourth-order valence-electron chi connectivity index (χ4n) is 4.93. The van der Waals surface area contributed by atoms with Gasteiger partial charge in [-0.1, -0.05) is 24.3 Å². The van der Waals surface area contributed by atoms with Crippen LogP contribution in [0.2, 0.25) is 0 Å². The minimum absolute atomic E-state index is 0.0528. The highest BCUT2D eigenvalue weighted by atomic mass is 32.2. The van der Waals surface area contributed by atoms with Crippen LogP contribution in [0.4, 0.5) is 22.2 Å². The van der Waals surface area contributed by atoms with Crippen LogP contribution in [0.15, 0.2) is 77.7 Å². The van der Waals surface area contributed by atoms with Crippen LogP contribution in [-0.2, 0) is 21.2 Å². The van der Waals surface area contributed by atoms with Crippen molar-refractivity contribution < 1.29 is 13.2 Å². The Kier molecular flexibility index (Phi) is 8.76. The minimum Gasteiger partial charge on any atom is -0.399 e. The van der Waals surface area contributed by atoms with Gasteiger partial charge in [0.15, 0.2) is 5.82 Å². The van der Waals surface area contributed by atoms with Gasteiger partial charge in [0.2, 0.25) is 21.1 Å². The zero-order valence-corrected chi connectivity index (χ0v) is 25.5. The smallest absolute Gasteiger partial charge is 0.243 e. The standard InChI is InChI=1S/C30H35N7O3S2/c1-21(38)32-25-10-14-27(15-11-25)42(39,40)37-18-16-36(17-19-37)30-33-29(34-41-30)28(23-6-8-24(31)9-7-23)20-22-4-12-26(13-5-22)35(2)3/h4-15,28H,16-20,31H2,1-3H3,(H,32,38). The Labute approximate surface area is 251 Å². The summed E-state index contributed by atoms with van der Waals surface area (Å²) < 4.78 is 32.8. The summed E-state index contributed by atoms with van der Waals surface area (Å²) in [6.07, 6.45) is 0.737. The Morgan fingerprint density at radius 1 is 0.976 bits per heavy atom. The van der Waals surface area contributed by atoms with Gasteiger partial charge in [0.1, 0.15) is 0 Å². The van der Waals surface area contributed by atoms with E-state index in [4.69, 9.17) is 15.1 Å². The topological polar surface area (TPSA) is 125 Å². The quantitative estimate of drug-likeness (QED) is 0.274. The average Bonchev–Trinajstić information content (AvgIpc) is 3.47. The van der Waals surface area contributed by atoms with E-state index in [1.54, 1.807) is 12.1 Å². The molecule has 3 aromatic carbocycles. The summed E-state index contributed by atoms with van der Waals surface area (Å²) in [4.78, 5) is 20.6. The van der Waals surface area contributed by atoms with Crippen LogP contribution < -0.4 is 20.9 Å². The van der Waals surface area contributed by atoms with Gasteiger partial charge in [0.25, 0.3) is 0 Å². The largest absolute Gasteiger partial charge is 0.399 e. The van der Waals surface area contributed by atoms with Crippen LogP contribution in [0.1, 0.15) is 29.8 Å². The third-order valence-electron chi connectivity index (χ3n) is 7.30. The van der Waals surface area contributed by atoms with Gasteiger partial charge in [0, 0.05) is 81.7 Å². The maximum absolute atomic E-state index is 13.3. The molecule has 1 aliphatic heterocycles. The Morgan fingerprint density at radius 3 is 2.21 bits per heavy atom. The Balaban J connectivity index is 1.29. The van der Waals surface area contributed by atoms with Crippen molar-refractivity contribution in [1.82, 2.24) is 13.7 Å². The number of hydrogen-bond donors (Lipinski definition) is 2. The summed E-state index contributed by atoms with van der Waals surface area (Å²) in [5.74, 6) is 0.480. The molecule has 0 aliphatic carbocycles. The van der Waals surface area contributed by atoms with Crippen molar-refractivity contribution in [3.63, 3.8) is 0 Å². The molecule has 0 radical (unpaired) electrons. The fraction of sp³-hybridized carbons (Fsp3) is 0.300. The molecule has 0 bridgehead atoms. The van der Waals surface area contributed by atoms with Gasteiger partial charge in [0.05, 0.1) is 4.90 Å². The van der Waals surface area contributed by atoms with E-state index in [1.807, 2.05) is 38.4 Å². The lowest BCUT2D eigenvalue weighted by Gasteiger charge is -2.33. The molecule has 4 aromatic rings. The second-order valence-corrected chi connectivity index (χ2v) is 13.2. The zero-order valence-electron chi connectivity index (χ0n) is 23.9. The molecule has 1 atom stereocenters. The summed E-state index contributed by atoms with van der Waals surface area (Å²) in [7, 11) is 0.389. The predicted molar refractivity (Wildman–Crippen MR) is 169 cm³/mol. The first-order valence-corrected chi connectivity index (χ1v) is 15.9. The molecule has 1 fully saturated rings. The second-order valence-electron chi connectivity index (χ2n) is 10.5. The predicted octanol–water partition coefficient (Wildman–Crippen LogP) is 4.03. The number of benzene rings is 3. The van der Waals surface area contributed by atoms with Crippen LogP contribution in [0.5, 0.6) is 0 Å². The molecule has 12 heteroatoms. The minimum atomic E-state index is -3.66. The SMILES string of the molecule is CC(=O)Nc1ccc(S(=O)(=O)N2CCN(c3nc(C(Cc4ccc(N(C)C)cc4)c4ccc(N)cc4)ns3)CC2)cc1. The third kappa shape index (κ3) is 6.72. The first kappa shape index (κ1) is 29.5. The molecule has 0 spiro atoms. The van der Waals surface area contributed by atoms with E-state index in [0.717, 1.165) is 28.6 Å². The van der Waals surface area contributed by atoms with Crippen LogP contribution in [0.3, 0.4) is 0 Å². The second kappa shape index (κ2) is 12.5. The van der Waals surface area contributed by atoms with Gasteiger partial charge < -0.3 is 20.9 Å². The summed E-state index contributed by atoms with van der Waals surface area (Å²) >= 11 is 1.34. The third-order valence-corrected chi connectivity index (χ3v) is 10.00. The molecule has 220 valence electrons. The van der Waals surface area contributed by atoms with Gasteiger partial charge in [-0.3, -0.25) is 4.79 Å². The van der Waals surface area contributed by atoms with E-state index in [-0.39, 0.29) is 16.7 Å². The number of carbonyl (C=O) groups is 1. The van der Waals surface area contributed by atoms with Gasteiger partial charge >= 0.3 is 0 Å². The maximum Gasteiger partial charge on any atom is 0.243 e. The molecule has 0 saturated carbocycles. The molecule has 1 amide bonds. The number of rotatable bonds is 9. The lowest BCUT2D eigenvalue weighted by molar-refractivity contribution is -0.114. The molecular weight excluding hydrogens is 571 g/mol. The summed E-state index contributed by atoms with van der Waals surface area (Å²) in [6.45, 7) is 3.11. The molecule has 3 N–H and O–H groups in total. The number of nitrogen functional groups attached to an aromatic ring is 1. The Hall–Kier alpha value is -4.00. The monoisotopic (exact) mass is 605 g/mol. The van der Waals surface area contributed by atoms with Crippen molar-refractivity contribution in [3.05, 3.63) is 89.7 Å². The average molecular weight is 606 g/mol. The molecule has 1 unspecified atom stereocenters. The number of nitrogens with two attached hydrogens (primary N) is 1. The number of piperazine rings is 1. The molecule has 1 saturated heterocycles. The van der Waals surface area contributed by atoms with E-state index in [9.17, 15) is 13.2 Å². The van der Waals surface area contributed by atoms with Crippen molar-refractivity contribution in [2.24, 2.45) is 0 Å². The molecule has 1 aromatic heterocycles. The number of aromatic nitrogens is 2. The fourth-order valence-corrected chi connectivity index (χ4v) is 7.13. The molecule has 10 nitrogen and oxygen atoms in total. The van der Waals surface area contributed by atoms with Crippen LogP contribution in [-0.4, -0.2) is 68.3 Å². The van der Waals surface area contributed by atoms with Gasteiger partial charge in [-0.05, 0) is 66.1 Å². The van der Waals surface area contributed by atoms with Crippen LogP contribution in [0, 0.1) is 0 Å². The Morgan fingerprint density at radius 2 is 1.62 bits per heavy atom. The van der Waals surface area contributed by atoms with Crippen molar-refractivity contribution in [2.75, 3.05) is 61.1 Å². The highest BCUT2D eigenvalue weighted by molar-refractivity contribution is 7.89. The number of sulfonamides is 1. The maximum atomic E-state index is 13.3. The van der Waals surface area contributed by atoms with Crippen LogP contribution in [0.25, 0.3) is 0 Å².